The van der Waals surface area contributed by atoms with Gasteiger partial charge in [-0.25, -0.2) is 0 Å². The lowest BCUT2D eigenvalue weighted by molar-refractivity contribution is 0.113. The third kappa shape index (κ3) is 3.29. The molecule has 1 heteroatoms. The van der Waals surface area contributed by atoms with Crippen molar-refractivity contribution < 1.29 is 0 Å². The summed E-state index contributed by atoms with van der Waals surface area (Å²) in [5.74, 6) is 0. The zero-order chi connectivity index (χ0) is 14.5. The molecule has 0 spiro atoms. The van der Waals surface area contributed by atoms with Crippen LogP contribution in [-0.4, -0.2) is 10.9 Å². The molecule has 106 valence electrons. The topological polar surface area (TPSA) is 3.24 Å². The summed E-state index contributed by atoms with van der Waals surface area (Å²) < 4.78 is 0. The van der Waals surface area contributed by atoms with Crippen LogP contribution in [0.4, 0.5) is 0 Å². The SMILES string of the molecule is CC(C)N([C@H](C)c1ccccc1)[C@H](C)c1ccccc1. The molecule has 0 bridgehead atoms. The smallest absolute Gasteiger partial charge is 0.0328 e. The van der Waals surface area contributed by atoms with E-state index in [1.54, 1.807) is 0 Å². The zero-order valence-corrected chi connectivity index (χ0v) is 13.0. The Labute approximate surface area is 123 Å². The monoisotopic (exact) mass is 267 g/mol. The Kier molecular flexibility index (Phi) is 4.97. The number of benzene rings is 2. The lowest BCUT2D eigenvalue weighted by atomic mass is 9.99. The van der Waals surface area contributed by atoms with E-state index in [1.807, 2.05) is 0 Å². The molecule has 2 aromatic carbocycles. The van der Waals surface area contributed by atoms with Gasteiger partial charge in [0.15, 0.2) is 0 Å². The highest BCUT2D eigenvalue weighted by Gasteiger charge is 2.24. The van der Waals surface area contributed by atoms with Crippen molar-refractivity contribution in [1.29, 1.82) is 0 Å². The summed E-state index contributed by atoms with van der Waals surface area (Å²) in [5, 5.41) is 0. The molecule has 2 aromatic rings. The van der Waals surface area contributed by atoms with E-state index in [0.717, 1.165) is 0 Å². The van der Waals surface area contributed by atoms with Gasteiger partial charge in [0.25, 0.3) is 0 Å². The predicted molar refractivity (Wildman–Crippen MR) is 86.7 cm³/mol. The van der Waals surface area contributed by atoms with Crippen LogP contribution < -0.4 is 0 Å². The molecule has 1 nitrogen and oxygen atoms in total. The molecule has 0 aromatic heterocycles. The van der Waals surface area contributed by atoms with Crippen molar-refractivity contribution in [2.75, 3.05) is 0 Å². The largest absolute Gasteiger partial charge is 0.287 e. The lowest BCUT2D eigenvalue weighted by Crippen LogP contribution is -2.35. The summed E-state index contributed by atoms with van der Waals surface area (Å²) in [6, 6.07) is 22.8. The minimum atomic E-state index is 0.409. The predicted octanol–water partition coefficient (Wildman–Crippen LogP) is 5.22. The molecule has 0 heterocycles. The van der Waals surface area contributed by atoms with Gasteiger partial charge in [0.05, 0.1) is 0 Å². The average molecular weight is 267 g/mol. The summed E-state index contributed by atoms with van der Waals surface area (Å²) in [4.78, 5) is 2.57. The first-order valence-electron chi connectivity index (χ1n) is 7.48. The Morgan fingerprint density at radius 2 is 0.950 bits per heavy atom. The minimum absolute atomic E-state index is 0.409. The average Bonchev–Trinajstić information content (AvgIpc) is 2.48. The van der Waals surface area contributed by atoms with Crippen molar-refractivity contribution >= 4 is 0 Å². The molecule has 0 aliphatic rings. The molecule has 0 unspecified atom stereocenters. The first kappa shape index (κ1) is 14.8. The Bertz CT molecular complexity index is 458. The van der Waals surface area contributed by atoms with E-state index in [9.17, 15) is 0 Å². The van der Waals surface area contributed by atoms with Gasteiger partial charge in [-0.2, -0.15) is 0 Å². The zero-order valence-electron chi connectivity index (χ0n) is 13.0. The van der Waals surface area contributed by atoms with Gasteiger partial charge in [-0.05, 0) is 38.8 Å². The summed E-state index contributed by atoms with van der Waals surface area (Å²) in [6.45, 7) is 9.15. The maximum Gasteiger partial charge on any atom is 0.0328 e. The van der Waals surface area contributed by atoms with Gasteiger partial charge in [-0.15, -0.1) is 0 Å². The first-order chi connectivity index (χ1) is 9.61. The lowest BCUT2D eigenvalue weighted by Gasteiger charge is -2.38. The highest BCUT2D eigenvalue weighted by molar-refractivity contribution is 5.22. The van der Waals surface area contributed by atoms with Crippen LogP contribution in [0.25, 0.3) is 0 Å². The van der Waals surface area contributed by atoms with E-state index in [1.165, 1.54) is 11.1 Å². The molecule has 0 fully saturated rings. The van der Waals surface area contributed by atoms with Gasteiger partial charge in [0.1, 0.15) is 0 Å². The Morgan fingerprint density at radius 3 is 1.25 bits per heavy atom. The van der Waals surface area contributed by atoms with Crippen molar-refractivity contribution in [2.24, 2.45) is 0 Å². The molecule has 2 rings (SSSR count). The third-order valence-corrected chi connectivity index (χ3v) is 4.05. The maximum absolute atomic E-state index is 2.57. The quantitative estimate of drug-likeness (QED) is 0.718. The molecule has 0 N–H and O–H groups in total. The van der Waals surface area contributed by atoms with E-state index in [0.29, 0.717) is 18.1 Å². The molecule has 0 aliphatic carbocycles. The second-order valence-corrected chi connectivity index (χ2v) is 5.71. The number of hydrogen-bond donors (Lipinski definition) is 0. The van der Waals surface area contributed by atoms with Gasteiger partial charge in [0, 0.05) is 18.1 Å². The van der Waals surface area contributed by atoms with Crippen LogP contribution in [0.3, 0.4) is 0 Å². The molecule has 0 aliphatic heterocycles. The van der Waals surface area contributed by atoms with Gasteiger partial charge in [0.2, 0.25) is 0 Å². The number of hydrogen-bond acceptors (Lipinski definition) is 1. The molecule has 0 radical (unpaired) electrons. The number of nitrogens with zero attached hydrogens (tertiary/aromatic N) is 1. The van der Waals surface area contributed by atoms with E-state index < -0.39 is 0 Å². The fourth-order valence-electron chi connectivity index (χ4n) is 3.04. The first-order valence-corrected chi connectivity index (χ1v) is 7.48. The summed E-state index contributed by atoms with van der Waals surface area (Å²) in [5.41, 5.74) is 2.76. The minimum Gasteiger partial charge on any atom is -0.287 e. The van der Waals surface area contributed by atoms with Gasteiger partial charge in [-0.1, -0.05) is 60.7 Å². The molecule has 0 saturated heterocycles. The van der Waals surface area contributed by atoms with Crippen LogP contribution >= 0.6 is 0 Å². The van der Waals surface area contributed by atoms with Crippen molar-refractivity contribution in [1.82, 2.24) is 4.90 Å². The van der Waals surface area contributed by atoms with Crippen LogP contribution in [0.2, 0.25) is 0 Å². The normalized spacial score (nSPS) is 14.5. The van der Waals surface area contributed by atoms with E-state index in [4.69, 9.17) is 0 Å². The highest BCUT2D eigenvalue weighted by atomic mass is 15.2. The Balaban J connectivity index is 2.28. The van der Waals surface area contributed by atoms with Gasteiger partial charge in [-0.3, -0.25) is 4.90 Å². The fraction of sp³-hybridized carbons (Fsp3) is 0.368. The Hall–Kier alpha value is -1.60. The van der Waals surface area contributed by atoms with Crippen molar-refractivity contribution in [3.05, 3.63) is 71.8 Å². The fourth-order valence-corrected chi connectivity index (χ4v) is 3.04. The Morgan fingerprint density at radius 1 is 0.600 bits per heavy atom. The molecule has 2 atom stereocenters. The van der Waals surface area contributed by atoms with Gasteiger partial charge >= 0.3 is 0 Å². The summed E-state index contributed by atoms with van der Waals surface area (Å²) in [7, 11) is 0. The van der Waals surface area contributed by atoms with E-state index >= 15 is 0 Å². The van der Waals surface area contributed by atoms with Crippen molar-refractivity contribution in [3.63, 3.8) is 0 Å². The molecule has 20 heavy (non-hydrogen) atoms. The summed E-state index contributed by atoms with van der Waals surface area (Å²) in [6.07, 6.45) is 0. The van der Waals surface area contributed by atoms with Crippen LogP contribution in [0.1, 0.15) is 50.9 Å². The summed E-state index contributed by atoms with van der Waals surface area (Å²) >= 11 is 0. The number of rotatable bonds is 5. The van der Waals surface area contributed by atoms with Crippen molar-refractivity contribution in [2.45, 2.75) is 45.8 Å². The van der Waals surface area contributed by atoms with Crippen LogP contribution in [0, 0.1) is 0 Å². The van der Waals surface area contributed by atoms with Crippen LogP contribution in [0.15, 0.2) is 60.7 Å². The van der Waals surface area contributed by atoms with Crippen LogP contribution in [0.5, 0.6) is 0 Å². The highest BCUT2D eigenvalue weighted by Crippen LogP contribution is 2.32. The molecular weight excluding hydrogens is 242 g/mol. The standard InChI is InChI=1S/C19H25N/c1-15(2)20(16(3)18-11-7-5-8-12-18)17(4)19-13-9-6-10-14-19/h5-17H,1-4H3/t16-,17-/m1/s1. The molecular formula is C19H25N. The van der Waals surface area contributed by atoms with Crippen molar-refractivity contribution in [3.8, 4) is 0 Å². The molecule has 0 amide bonds. The molecule has 0 saturated carbocycles. The second kappa shape index (κ2) is 6.71. The van der Waals surface area contributed by atoms with E-state index in [2.05, 4.69) is 93.3 Å². The van der Waals surface area contributed by atoms with Gasteiger partial charge < -0.3 is 0 Å². The third-order valence-electron chi connectivity index (χ3n) is 4.05. The maximum atomic E-state index is 2.57. The van der Waals surface area contributed by atoms with Crippen LogP contribution in [-0.2, 0) is 0 Å². The second-order valence-electron chi connectivity index (χ2n) is 5.71. The van der Waals surface area contributed by atoms with E-state index in [-0.39, 0.29) is 0 Å².